The molecule has 16 heavy (non-hydrogen) atoms. The number of nitrogens with one attached hydrogen (secondary N) is 1. The summed E-state index contributed by atoms with van der Waals surface area (Å²) in [5.74, 6) is 1.72. The second-order valence-corrected chi connectivity index (χ2v) is 3.68. The van der Waals surface area contributed by atoms with E-state index >= 15 is 0 Å². The van der Waals surface area contributed by atoms with Crippen LogP contribution < -0.4 is 19.5 Å². The lowest BCUT2D eigenvalue weighted by atomic mass is 9.98. The zero-order chi connectivity index (χ0) is 11.1. The van der Waals surface area contributed by atoms with E-state index in [1.165, 1.54) is 0 Å². The molecule has 0 aromatic heterocycles. The van der Waals surface area contributed by atoms with Crippen LogP contribution in [0.2, 0.25) is 0 Å². The topological polar surface area (TPSA) is 56.8 Å². The highest BCUT2D eigenvalue weighted by atomic mass is 16.7. The van der Waals surface area contributed by atoms with Gasteiger partial charge in [0.25, 0.3) is 5.91 Å². The average Bonchev–Trinajstić information content (AvgIpc) is 2.78. The quantitative estimate of drug-likeness (QED) is 0.758. The number of ether oxygens (including phenoxy) is 3. The summed E-state index contributed by atoms with van der Waals surface area (Å²) in [6.07, 6.45) is 0.761. The van der Waals surface area contributed by atoms with Crippen LogP contribution >= 0.6 is 0 Å². The molecule has 0 atom stereocenters. The molecule has 1 aromatic rings. The lowest BCUT2D eigenvalue weighted by Gasteiger charge is -2.19. The van der Waals surface area contributed by atoms with E-state index in [1.54, 1.807) is 13.2 Å². The first-order valence-electron chi connectivity index (χ1n) is 5.09. The second-order valence-electron chi connectivity index (χ2n) is 3.68. The van der Waals surface area contributed by atoms with Crippen LogP contribution in [0.15, 0.2) is 6.07 Å². The number of amides is 1. The third-order valence-corrected chi connectivity index (χ3v) is 2.84. The molecule has 1 N–H and O–H groups in total. The van der Waals surface area contributed by atoms with E-state index in [-0.39, 0.29) is 12.7 Å². The third-order valence-electron chi connectivity index (χ3n) is 2.84. The molecule has 0 fully saturated rings. The normalized spacial score (nSPS) is 16.7. The fourth-order valence-electron chi connectivity index (χ4n) is 2.09. The van der Waals surface area contributed by atoms with Crippen molar-refractivity contribution in [2.45, 2.75) is 6.42 Å². The first-order valence-corrected chi connectivity index (χ1v) is 5.09. The summed E-state index contributed by atoms with van der Waals surface area (Å²) in [7, 11) is 1.55. The highest BCUT2D eigenvalue weighted by Gasteiger charge is 2.29. The number of carbonyl (C=O) groups is 1. The molecule has 5 nitrogen and oxygen atoms in total. The van der Waals surface area contributed by atoms with Gasteiger partial charge in [-0.1, -0.05) is 0 Å². The van der Waals surface area contributed by atoms with Crippen LogP contribution in [0.3, 0.4) is 0 Å². The number of carbonyl (C=O) groups excluding carboxylic acids is 1. The van der Waals surface area contributed by atoms with Gasteiger partial charge in [-0.25, -0.2) is 0 Å². The van der Waals surface area contributed by atoms with Crippen molar-refractivity contribution in [3.8, 4) is 17.2 Å². The van der Waals surface area contributed by atoms with E-state index in [1.807, 2.05) is 0 Å². The first-order chi connectivity index (χ1) is 7.81. The predicted molar refractivity (Wildman–Crippen MR) is 55.2 cm³/mol. The van der Waals surface area contributed by atoms with Gasteiger partial charge in [0.1, 0.15) is 0 Å². The van der Waals surface area contributed by atoms with Crippen molar-refractivity contribution >= 4 is 5.91 Å². The maximum absolute atomic E-state index is 11.7. The number of fused-ring (bicyclic) bond motifs is 3. The highest BCUT2D eigenvalue weighted by molar-refractivity contribution is 5.98. The Kier molecular flexibility index (Phi) is 1.92. The van der Waals surface area contributed by atoms with E-state index in [0.717, 1.165) is 12.0 Å². The van der Waals surface area contributed by atoms with E-state index in [4.69, 9.17) is 14.2 Å². The molecule has 0 spiro atoms. The molecule has 5 heteroatoms. The van der Waals surface area contributed by atoms with Gasteiger partial charge < -0.3 is 19.5 Å². The van der Waals surface area contributed by atoms with E-state index < -0.39 is 0 Å². The SMILES string of the molecule is COc1cc2c(c3c1OCO3)CCNC2=O. The minimum atomic E-state index is -0.0853. The number of benzene rings is 1. The van der Waals surface area contributed by atoms with Crippen LogP contribution in [0.25, 0.3) is 0 Å². The Bertz CT molecular complexity index is 470. The zero-order valence-electron chi connectivity index (χ0n) is 8.83. The molecule has 3 rings (SSSR count). The average molecular weight is 221 g/mol. The maximum Gasteiger partial charge on any atom is 0.251 e. The standard InChI is InChI=1S/C11H11NO4/c1-14-8-4-7-6(2-3-12-11(7)13)9-10(8)16-5-15-9/h4H,2-3,5H2,1H3,(H,12,13). The van der Waals surface area contributed by atoms with Gasteiger partial charge in [0.05, 0.1) is 12.7 Å². The van der Waals surface area contributed by atoms with Crippen LogP contribution in [0, 0.1) is 0 Å². The molecule has 0 aliphatic carbocycles. The Balaban J connectivity index is 2.24. The van der Waals surface area contributed by atoms with Gasteiger partial charge in [-0.2, -0.15) is 0 Å². The Hall–Kier alpha value is -1.91. The molecule has 2 aliphatic heterocycles. The molecule has 0 unspecified atom stereocenters. The molecule has 2 heterocycles. The van der Waals surface area contributed by atoms with Crippen LogP contribution in [-0.2, 0) is 6.42 Å². The summed E-state index contributed by atoms with van der Waals surface area (Å²) in [6.45, 7) is 0.817. The van der Waals surface area contributed by atoms with Crippen molar-refractivity contribution in [3.05, 3.63) is 17.2 Å². The van der Waals surface area contributed by atoms with E-state index in [0.29, 0.717) is 29.4 Å². The first kappa shape index (κ1) is 9.33. The summed E-state index contributed by atoms with van der Waals surface area (Å²) in [6, 6.07) is 1.71. The van der Waals surface area contributed by atoms with Crippen LogP contribution in [0.1, 0.15) is 15.9 Å². The molecule has 84 valence electrons. The lowest BCUT2D eigenvalue weighted by molar-refractivity contribution is 0.0944. The minimum absolute atomic E-state index is 0.0853. The Morgan fingerprint density at radius 1 is 1.38 bits per heavy atom. The summed E-state index contributed by atoms with van der Waals surface area (Å²) in [5, 5.41) is 2.79. The second kappa shape index (κ2) is 3.30. The Morgan fingerprint density at radius 3 is 3.00 bits per heavy atom. The maximum atomic E-state index is 11.7. The summed E-state index contributed by atoms with van der Waals surface area (Å²) in [5.41, 5.74) is 1.53. The summed E-state index contributed by atoms with van der Waals surface area (Å²) >= 11 is 0. The van der Waals surface area contributed by atoms with Crippen LogP contribution in [0.5, 0.6) is 17.2 Å². The summed E-state index contributed by atoms with van der Waals surface area (Å²) in [4.78, 5) is 11.7. The van der Waals surface area contributed by atoms with Gasteiger partial charge in [0, 0.05) is 12.1 Å². The van der Waals surface area contributed by atoms with Gasteiger partial charge >= 0.3 is 0 Å². The van der Waals surface area contributed by atoms with Gasteiger partial charge in [0.15, 0.2) is 11.5 Å². The molecule has 2 aliphatic rings. The van der Waals surface area contributed by atoms with Crippen molar-refractivity contribution in [1.82, 2.24) is 5.32 Å². The van der Waals surface area contributed by atoms with Crippen molar-refractivity contribution in [2.75, 3.05) is 20.4 Å². The molecular formula is C11H11NO4. The van der Waals surface area contributed by atoms with Crippen molar-refractivity contribution in [3.63, 3.8) is 0 Å². The fourth-order valence-corrected chi connectivity index (χ4v) is 2.09. The number of hydrogen-bond donors (Lipinski definition) is 1. The van der Waals surface area contributed by atoms with Crippen molar-refractivity contribution < 1.29 is 19.0 Å². The smallest absolute Gasteiger partial charge is 0.251 e. The number of hydrogen-bond acceptors (Lipinski definition) is 4. The molecule has 0 bridgehead atoms. The van der Waals surface area contributed by atoms with Crippen LogP contribution in [0.4, 0.5) is 0 Å². The van der Waals surface area contributed by atoms with Gasteiger partial charge in [-0.3, -0.25) is 4.79 Å². The van der Waals surface area contributed by atoms with Gasteiger partial charge in [0.2, 0.25) is 12.5 Å². The fraction of sp³-hybridized carbons (Fsp3) is 0.364. The van der Waals surface area contributed by atoms with Gasteiger partial charge in [-0.05, 0) is 12.5 Å². The number of rotatable bonds is 1. The monoisotopic (exact) mass is 221 g/mol. The van der Waals surface area contributed by atoms with Crippen LogP contribution in [-0.4, -0.2) is 26.4 Å². The summed E-state index contributed by atoms with van der Waals surface area (Å²) < 4.78 is 15.9. The highest BCUT2D eigenvalue weighted by Crippen LogP contribution is 2.45. The van der Waals surface area contributed by atoms with Gasteiger partial charge in [-0.15, -0.1) is 0 Å². The van der Waals surface area contributed by atoms with E-state index in [9.17, 15) is 4.79 Å². The molecule has 1 aromatic carbocycles. The Labute approximate surface area is 92.3 Å². The molecule has 1 amide bonds. The lowest BCUT2D eigenvalue weighted by Crippen LogP contribution is -2.31. The Morgan fingerprint density at radius 2 is 2.19 bits per heavy atom. The predicted octanol–water partition coefficient (Wildman–Crippen LogP) is 0.710. The van der Waals surface area contributed by atoms with Crippen molar-refractivity contribution in [1.29, 1.82) is 0 Å². The van der Waals surface area contributed by atoms with E-state index in [2.05, 4.69) is 5.32 Å². The minimum Gasteiger partial charge on any atom is -0.493 e. The molecule has 0 saturated carbocycles. The molecule has 0 radical (unpaired) electrons. The zero-order valence-corrected chi connectivity index (χ0v) is 8.83. The third kappa shape index (κ3) is 1.14. The molecule has 0 saturated heterocycles. The number of methoxy groups -OCH3 is 1. The van der Waals surface area contributed by atoms with Crippen molar-refractivity contribution in [2.24, 2.45) is 0 Å². The molecular weight excluding hydrogens is 210 g/mol. The largest absolute Gasteiger partial charge is 0.493 e.